The largest absolute Gasteiger partial charge is 0.467 e. The molecule has 130 valence electrons. The Morgan fingerprint density at radius 3 is 3.08 bits per heavy atom. The zero-order valence-corrected chi connectivity index (χ0v) is 15.1. The van der Waals surface area contributed by atoms with E-state index in [0.29, 0.717) is 22.5 Å². The van der Waals surface area contributed by atoms with E-state index in [1.165, 1.54) is 11.8 Å². The smallest absolute Gasteiger partial charge is 0.211 e. The SMILES string of the molecule is Clc1cc2c(c(CSc3nnc4c(n3)[nH]c3ccccc34)c1)OCOC2. The van der Waals surface area contributed by atoms with Crippen molar-refractivity contribution < 1.29 is 9.47 Å². The van der Waals surface area contributed by atoms with E-state index in [1.54, 1.807) is 0 Å². The summed E-state index contributed by atoms with van der Waals surface area (Å²) in [6.45, 7) is 0.762. The van der Waals surface area contributed by atoms with Crippen LogP contribution in [0.15, 0.2) is 41.6 Å². The minimum Gasteiger partial charge on any atom is -0.467 e. The third-order valence-electron chi connectivity index (χ3n) is 4.21. The second-order valence-corrected chi connectivity index (χ2v) is 7.29. The quantitative estimate of drug-likeness (QED) is 0.530. The van der Waals surface area contributed by atoms with E-state index in [1.807, 2.05) is 36.4 Å². The number of rotatable bonds is 3. The molecule has 0 radical (unpaired) electrons. The zero-order chi connectivity index (χ0) is 17.5. The maximum atomic E-state index is 6.22. The summed E-state index contributed by atoms with van der Waals surface area (Å²) in [5.41, 5.74) is 4.49. The Labute approximate surface area is 157 Å². The molecule has 0 unspecified atom stereocenters. The number of fused-ring (bicyclic) bond motifs is 4. The van der Waals surface area contributed by atoms with Crippen LogP contribution in [0.3, 0.4) is 0 Å². The molecule has 5 rings (SSSR count). The van der Waals surface area contributed by atoms with Gasteiger partial charge in [0, 0.05) is 32.8 Å². The molecule has 3 heterocycles. The number of nitrogens with zero attached hydrogens (tertiary/aromatic N) is 3. The molecular weight excluding hydrogens is 372 g/mol. The fourth-order valence-corrected chi connectivity index (χ4v) is 4.09. The van der Waals surface area contributed by atoms with Crippen LogP contribution >= 0.6 is 23.4 Å². The summed E-state index contributed by atoms with van der Waals surface area (Å²) in [7, 11) is 0. The number of hydrogen-bond acceptors (Lipinski definition) is 6. The standard InChI is InChI=1S/C18H13ClN4O2S/c19-12-5-10-7-24-9-25-16(10)11(6-12)8-26-18-21-17-15(22-23-18)13-3-1-2-4-14(13)20-17/h1-6H,7-9H2,(H,20,21,23). The molecular formula is C18H13ClN4O2S. The van der Waals surface area contributed by atoms with Gasteiger partial charge in [0.15, 0.2) is 12.4 Å². The van der Waals surface area contributed by atoms with Crippen LogP contribution in [0.1, 0.15) is 11.1 Å². The first-order valence-electron chi connectivity index (χ1n) is 8.04. The van der Waals surface area contributed by atoms with Gasteiger partial charge in [-0.1, -0.05) is 41.6 Å². The number of thioether (sulfide) groups is 1. The molecule has 8 heteroatoms. The molecule has 0 amide bonds. The molecule has 0 atom stereocenters. The molecule has 0 bridgehead atoms. The van der Waals surface area contributed by atoms with Gasteiger partial charge in [0.25, 0.3) is 0 Å². The topological polar surface area (TPSA) is 72.9 Å². The molecule has 6 nitrogen and oxygen atoms in total. The predicted octanol–water partition coefficient (Wildman–Crippen LogP) is 4.32. The third-order valence-corrected chi connectivity index (χ3v) is 5.32. The Morgan fingerprint density at radius 2 is 2.12 bits per heavy atom. The summed E-state index contributed by atoms with van der Waals surface area (Å²) >= 11 is 7.71. The van der Waals surface area contributed by atoms with Gasteiger partial charge in [-0.05, 0) is 18.2 Å². The summed E-state index contributed by atoms with van der Waals surface area (Å²) in [5, 5.41) is 10.9. The van der Waals surface area contributed by atoms with Gasteiger partial charge in [-0.3, -0.25) is 0 Å². The third kappa shape index (κ3) is 2.78. The van der Waals surface area contributed by atoms with Gasteiger partial charge in [0.1, 0.15) is 11.3 Å². The van der Waals surface area contributed by atoms with Gasteiger partial charge in [-0.2, -0.15) is 0 Å². The van der Waals surface area contributed by atoms with E-state index in [9.17, 15) is 0 Å². The van der Waals surface area contributed by atoms with E-state index in [0.717, 1.165) is 38.9 Å². The van der Waals surface area contributed by atoms with Crippen LogP contribution in [0, 0.1) is 0 Å². The number of nitrogens with one attached hydrogen (secondary N) is 1. The lowest BCUT2D eigenvalue weighted by Gasteiger charge is -2.20. The number of ether oxygens (including phenoxy) is 2. The molecule has 2 aromatic carbocycles. The number of aromatic amines is 1. The molecule has 4 aromatic rings. The van der Waals surface area contributed by atoms with Crippen LogP contribution in [0.2, 0.25) is 5.02 Å². The van der Waals surface area contributed by atoms with E-state index in [2.05, 4.69) is 20.2 Å². The van der Waals surface area contributed by atoms with E-state index in [-0.39, 0.29) is 6.79 Å². The molecule has 1 aliphatic heterocycles. The van der Waals surface area contributed by atoms with Crippen molar-refractivity contribution in [1.82, 2.24) is 20.2 Å². The molecule has 0 saturated heterocycles. The Hall–Kier alpha value is -2.35. The number of benzene rings is 2. The first kappa shape index (κ1) is 15.9. The number of H-pyrrole nitrogens is 1. The molecule has 0 fully saturated rings. The van der Waals surface area contributed by atoms with Crippen molar-refractivity contribution in [3.63, 3.8) is 0 Å². The maximum Gasteiger partial charge on any atom is 0.211 e. The van der Waals surface area contributed by atoms with E-state index >= 15 is 0 Å². The Bertz CT molecular complexity index is 1130. The zero-order valence-electron chi connectivity index (χ0n) is 13.5. The van der Waals surface area contributed by atoms with Crippen LogP contribution in [-0.2, 0) is 17.1 Å². The van der Waals surface area contributed by atoms with Crippen LogP contribution in [0.4, 0.5) is 0 Å². The lowest BCUT2D eigenvalue weighted by Crippen LogP contribution is -2.13. The molecule has 2 aromatic heterocycles. The predicted molar refractivity (Wildman–Crippen MR) is 100 cm³/mol. The highest BCUT2D eigenvalue weighted by molar-refractivity contribution is 7.98. The summed E-state index contributed by atoms with van der Waals surface area (Å²) in [4.78, 5) is 7.88. The minimum absolute atomic E-state index is 0.255. The van der Waals surface area contributed by atoms with Crippen LogP contribution < -0.4 is 4.74 Å². The highest BCUT2D eigenvalue weighted by Gasteiger charge is 2.17. The lowest BCUT2D eigenvalue weighted by molar-refractivity contribution is -0.0168. The number of aromatic nitrogens is 4. The molecule has 1 aliphatic rings. The summed E-state index contributed by atoms with van der Waals surface area (Å²) in [6.07, 6.45) is 0. The average molecular weight is 385 g/mol. The maximum absolute atomic E-state index is 6.22. The molecule has 26 heavy (non-hydrogen) atoms. The van der Waals surface area contributed by atoms with Gasteiger partial charge in [0.05, 0.1) is 6.61 Å². The normalized spacial score (nSPS) is 13.7. The summed E-state index contributed by atoms with van der Waals surface area (Å²) in [6, 6.07) is 11.8. The van der Waals surface area contributed by atoms with Gasteiger partial charge in [-0.15, -0.1) is 10.2 Å². The number of para-hydroxylation sites is 1. The molecule has 0 aliphatic carbocycles. The van der Waals surface area contributed by atoms with Gasteiger partial charge in [0.2, 0.25) is 5.16 Å². The van der Waals surface area contributed by atoms with Crippen molar-refractivity contribution in [1.29, 1.82) is 0 Å². The summed E-state index contributed by atoms with van der Waals surface area (Å²) < 4.78 is 11.0. The van der Waals surface area contributed by atoms with Crippen molar-refractivity contribution in [2.45, 2.75) is 17.5 Å². The van der Waals surface area contributed by atoms with Crippen LogP contribution in [-0.4, -0.2) is 27.0 Å². The van der Waals surface area contributed by atoms with Crippen LogP contribution in [0.5, 0.6) is 5.75 Å². The highest BCUT2D eigenvalue weighted by atomic mass is 35.5. The van der Waals surface area contributed by atoms with Gasteiger partial charge in [-0.25, -0.2) is 4.98 Å². The molecule has 1 N–H and O–H groups in total. The molecule has 0 spiro atoms. The second-order valence-electron chi connectivity index (χ2n) is 5.91. The fraction of sp³-hybridized carbons (Fsp3) is 0.167. The fourth-order valence-electron chi connectivity index (χ4n) is 3.07. The molecule has 0 saturated carbocycles. The van der Waals surface area contributed by atoms with Crippen molar-refractivity contribution >= 4 is 45.4 Å². The summed E-state index contributed by atoms with van der Waals surface area (Å²) in [5.74, 6) is 1.48. The Morgan fingerprint density at radius 1 is 1.19 bits per heavy atom. The number of halogens is 1. The van der Waals surface area contributed by atoms with E-state index in [4.69, 9.17) is 21.1 Å². The highest BCUT2D eigenvalue weighted by Crippen LogP contribution is 2.35. The first-order chi connectivity index (χ1) is 12.8. The Balaban J connectivity index is 1.45. The number of hydrogen-bond donors (Lipinski definition) is 1. The monoisotopic (exact) mass is 384 g/mol. The van der Waals surface area contributed by atoms with Crippen molar-refractivity contribution in [3.05, 3.63) is 52.5 Å². The van der Waals surface area contributed by atoms with Gasteiger partial charge >= 0.3 is 0 Å². The Kier molecular flexibility index (Phi) is 3.92. The average Bonchev–Trinajstić information content (AvgIpc) is 3.03. The van der Waals surface area contributed by atoms with Crippen molar-refractivity contribution in [2.75, 3.05) is 6.79 Å². The van der Waals surface area contributed by atoms with Crippen LogP contribution in [0.25, 0.3) is 22.1 Å². The van der Waals surface area contributed by atoms with Crippen molar-refractivity contribution in [3.8, 4) is 5.75 Å². The lowest BCUT2D eigenvalue weighted by atomic mass is 10.1. The van der Waals surface area contributed by atoms with Gasteiger partial charge < -0.3 is 14.5 Å². The second kappa shape index (κ2) is 6.42. The first-order valence-corrected chi connectivity index (χ1v) is 9.40. The minimum atomic E-state index is 0.255. The van der Waals surface area contributed by atoms with Crippen molar-refractivity contribution in [2.24, 2.45) is 0 Å². The van der Waals surface area contributed by atoms with E-state index < -0.39 is 0 Å².